The number of carbonyl (C=O) groups excluding carboxylic acids is 2. The first-order chi connectivity index (χ1) is 16.3. The van der Waals surface area contributed by atoms with Crippen LogP contribution in [0.3, 0.4) is 0 Å². The number of ketones is 1. The normalized spacial score (nSPS) is 20.1. The minimum atomic E-state index is -0.614. The van der Waals surface area contributed by atoms with Crippen molar-refractivity contribution < 1.29 is 23.8 Å². The molecular formula is C28H31NO5. The number of allylic oxidation sites excluding steroid dienone is 3. The molecule has 0 radical (unpaired) electrons. The standard InChI is InChI=1S/C28H31NO5/c1-16(2)34-28(31)25-17(3)29-22-13-19(18-9-7-6-8-10-18)14-23(30)27(22)26(25)21-15-20(32-4)11-12-24(21)33-5/h6-12,15-16,19,26,29H,13-14H2,1-5H3/t19-,26-/m1/s1. The summed E-state index contributed by atoms with van der Waals surface area (Å²) in [7, 11) is 3.17. The number of rotatable bonds is 6. The predicted octanol–water partition coefficient (Wildman–Crippen LogP) is 5.02. The van der Waals surface area contributed by atoms with Crippen LogP contribution in [0.4, 0.5) is 0 Å². The predicted molar refractivity (Wildman–Crippen MR) is 130 cm³/mol. The number of esters is 1. The molecule has 2 aromatic carbocycles. The lowest BCUT2D eigenvalue weighted by atomic mass is 9.71. The van der Waals surface area contributed by atoms with Gasteiger partial charge in [0.1, 0.15) is 11.5 Å². The summed E-state index contributed by atoms with van der Waals surface area (Å²) in [5, 5.41) is 3.38. The zero-order valence-corrected chi connectivity index (χ0v) is 20.3. The fourth-order valence-corrected chi connectivity index (χ4v) is 4.92. The molecule has 0 saturated carbocycles. The summed E-state index contributed by atoms with van der Waals surface area (Å²) in [4.78, 5) is 27.0. The first-order valence-corrected chi connectivity index (χ1v) is 11.6. The van der Waals surface area contributed by atoms with E-state index in [1.165, 1.54) is 0 Å². The molecule has 34 heavy (non-hydrogen) atoms. The average Bonchev–Trinajstić information content (AvgIpc) is 2.82. The van der Waals surface area contributed by atoms with E-state index < -0.39 is 11.9 Å². The van der Waals surface area contributed by atoms with E-state index in [1.54, 1.807) is 26.4 Å². The molecule has 0 amide bonds. The molecule has 4 rings (SSSR count). The molecule has 2 aromatic rings. The van der Waals surface area contributed by atoms with Crippen LogP contribution in [0.5, 0.6) is 11.5 Å². The number of hydrogen-bond donors (Lipinski definition) is 1. The molecule has 0 fully saturated rings. The largest absolute Gasteiger partial charge is 0.497 e. The Balaban J connectivity index is 1.87. The maximum atomic E-state index is 13.7. The molecule has 178 valence electrons. The molecule has 0 unspecified atom stereocenters. The Morgan fingerprint density at radius 3 is 2.41 bits per heavy atom. The van der Waals surface area contributed by atoms with Gasteiger partial charge < -0.3 is 19.5 Å². The van der Waals surface area contributed by atoms with E-state index in [4.69, 9.17) is 14.2 Å². The van der Waals surface area contributed by atoms with Crippen molar-refractivity contribution >= 4 is 11.8 Å². The molecule has 0 bridgehead atoms. The number of ether oxygens (including phenoxy) is 3. The summed E-state index contributed by atoms with van der Waals surface area (Å²) in [6, 6.07) is 15.5. The Kier molecular flexibility index (Phi) is 6.77. The fraction of sp³-hybridized carbons (Fsp3) is 0.357. The number of hydrogen-bond acceptors (Lipinski definition) is 6. The third kappa shape index (κ3) is 4.45. The molecule has 1 aliphatic carbocycles. The monoisotopic (exact) mass is 461 g/mol. The van der Waals surface area contributed by atoms with Crippen molar-refractivity contribution in [2.75, 3.05) is 14.2 Å². The second kappa shape index (κ2) is 9.75. The molecule has 1 aliphatic heterocycles. The van der Waals surface area contributed by atoms with Crippen LogP contribution < -0.4 is 14.8 Å². The minimum Gasteiger partial charge on any atom is -0.497 e. The van der Waals surface area contributed by atoms with E-state index in [2.05, 4.69) is 17.4 Å². The summed E-state index contributed by atoms with van der Waals surface area (Å²) >= 11 is 0. The van der Waals surface area contributed by atoms with Gasteiger partial charge in [0.25, 0.3) is 0 Å². The lowest BCUT2D eigenvalue weighted by Crippen LogP contribution is -2.36. The SMILES string of the molecule is COc1ccc(OC)c([C@@H]2C(C(=O)OC(C)C)=C(C)NC3=C2C(=O)C[C@H](c2ccccc2)C3)c1. The van der Waals surface area contributed by atoms with Gasteiger partial charge in [-0.1, -0.05) is 30.3 Å². The van der Waals surface area contributed by atoms with E-state index in [0.29, 0.717) is 46.7 Å². The summed E-state index contributed by atoms with van der Waals surface area (Å²) in [6.07, 6.45) is 0.761. The molecule has 0 saturated heterocycles. The Labute approximate surface area is 200 Å². The molecule has 0 aromatic heterocycles. The van der Waals surface area contributed by atoms with Crippen molar-refractivity contribution in [3.8, 4) is 11.5 Å². The average molecular weight is 462 g/mol. The number of nitrogens with one attached hydrogen (secondary N) is 1. The van der Waals surface area contributed by atoms with Gasteiger partial charge in [0.05, 0.1) is 31.8 Å². The zero-order chi connectivity index (χ0) is 24.4. The lowest BCUT2D eigenvalue weighted by molar-refractivity contribution is -0.143. The number of benzene rings is 2. The number of dihydropyridines is 1. The first kappa shape index (κ1) is 23.6. The fourth-order valence-electron chi connectivity index (χ4n) is 4.92. The highest BCUT2D eigenvalue weighted by Crippen LogP contribution is 2.48. The van der Waals surface area contributed by atoms with Crippen LogP contribution in [0.1, 0.15) is 56.6 Å². The van der Waals surface area contributed by atoms with Gasteiger partial charge in [0.2, 0.25) is 0 Å². The van der Waals surface area contributed by atoms with Crippen molar-refractivity contribution in [3.05, 3.63) is 82.2 Å². The molecule has 2 aliphatic rings. The van der Waals surface area contributed by atoms with E-state index in [1.807, 2.05) is 45.0 Å². The van der Waals surface area contributed by atoms with E-state index in [0.717, 1.165) is 11.3 Å². The highest BCUT2D eigenvalue weighted by molar-refractivity contribution is 6.04. The molecule has 6 heteroatoms. The van der Waals surface area contributed by atoms with Crippen LogP contribution in [-0.2, 0) is 14.3 Å². The number of Topliss-reactive ketones (excluding diaryl/α,β-unsaturated/α-hetero) is 1. The smallest absolute Gasteiger partial charge is 0.337 e. The Morgan fingerprint density at radius 2 is 1.76 bits per heavy atom. The summed E-state index contributed by atoms with van der Waals surface area (Å²) in [5.74, 6) is 0.233. The summed E-state index contributed by atoms with van der Waals surface area (Å²) in [5.41, 5.74) is 4.38. The highest BCUT2D eigenvalue weighted by atomic mass is 16.5. The van der Waals surface area contributed by atoms with Crippen LogP contribution in [-0.4, -0.2) is 32.1 Å². The molecule has 1 N–H and O–H groups in total. The van der Waals surface area contributed by atoms with Crippen molar-refractivity contribution in [1.82, 2.24) is 5.32 Å². The van der Waals surface area contributed by atoms with Crippen LogP contribution in [0.25, 0.3) is 0 Å². The highest BCUT2D eigenvalue weighted by Gasteiger charge is 2.42. The summed E-state index contributed by atoms with van der Waals surface area (Å²) < 4.78 is 16.7. The van der Waals surface area contributed by atoms with Gasteiger partial charge in [-0.2, -0.15) is 0 Å². The van der Waals surface area contributed by atoms with Crippen molar-refractivity contribution in [2.45, 2.75) is 51.6 Å². The molecular weight excluding hydrogens is 430 g/mol. The van der Waals surface area contributed by atoms with Gasteiger partial charge in [0.15, 0.2) is 5.78 Å². The second-order valence-corrected chi connectivity index (χ2v) is 8.99. The quantitative estimate of drug-likeness (QED) is 0.609. The van der Waals surface area contributed by atoms with Gasteiger partial charge in [-0.25, -0.2) is 4.79 Å². The molecule has 0 spiro atoms. The van der Waals surface area contributed by atoms with Gasteiger partial charge in [0, 0.05) is 29.0 Å². The lowest BCUT2D eigenvalue weighted by Gasteiger charge is -2.37. The van der Waals surface area contributed by atoms with Gasteiger partial charge >= 0.3 is 5.97 Å². The van der Waals surface area contributed by atoms with Crippen LogP contribution in [0.2, 0.25) is 0 Å². The van der Waals surface area contributed by atoms with Crippen molar-refractivity contribution in [1.29, 1.82) is 0 Å². The third-order valence-electron chi connectivity index (χ3n) is 6.41. The van der Waals surface area contributed by atoms with Gasteiger partial charge in [-0.05, 0) is 56.9 Å². The zero-order valence-electron chi connectivity index (χ0n) is 20.3. The molecule has 2 atom stereocenters. The maximum Gasteiger partial charge on any atom is 0.337 e. The van der Waals surface area contributed by atoms with Crippen molar-refractivity contribution in [2.24, 2.45) is 0 Å². The van der Waals surface area contributed by atoms with E-state index in [-0.39, 0.29) is 17.8 Å². The molecule has 1 heterocycles. The van der Waals surface area contributed by atoms with E-state index in [9.17, 15) is 9.59 Å². The first-order valence-electron chi connectivity index (χ1n) is 11.6. The Morgan fingerprint density at radius 1 is 1.03 bits per heavy atom. The Bertz CT molecular complexity index is 1160. The van der Waals surface area contributed by atoms with Crippen LogP contribution in [0.15, 0.2) is 71.1 Å². The number of methoxy groups -OCH3 is 2. The Hall–Kier alpha value is -3.54. The van der Waals surface area contributed by atoms with Crippen LogP contribution >= 0.6 is 0 Å². The maximum absolute atomic E-state index is 13.7. The van der Waals surface area contributed by atoms with Gasteiger partial charge in [-0.15, -0.1) is 0 Å². The topological polar surface area (TPSA) is 73.9 Å². The molecule has 6 nitrogen and oxygen atoms in total. The minimum absolute atomic E-state index is 0.0137. The summed E-state index contributed by atoms with van der Waals surface area (Å²) in [6.45, 7) is 5.48. The second-order valence-electron chi connectivity index (χ2n) is 8.99. The van der Waals surface area contributed by atoms with E-state index >= 15 is 0 Å². The van der Waals surface area contributed by atoms with Crippen LogP contribution in [0, 0.1) is 0 Å². The third-order valence-corrected chi connectivity index (χ3v) is 6.41. The number of carbonyl (C=O) groups is 2. The van der Waals surface area contributed by atoms with Crippen molar-refractivity contribution in [3.63, 3.8) is 0 Å². The van der Waals surface area contributed by atoms with Gasteiger partial charge in [-0.3, -0.25) is 4.79 Å².